The lowest BCUT2D eigenvalue weighted by Gasteiger charge is -2.14. The van der Waals surface area contributed by atoms with Crippen molar-refractivity contribution in [1.82, 2.24) is 5.32 Å². The molecule has 0 heterocycles. The number of carbonyl (C=O) groups excluding carboxylic acids is 1. The lowest BCUT2D eigenvalue weighted by Crippen LogP contribution is -2.38. The van der Waals surface area contributed by atoms with Crippen molar-refractivity contribution < 1.29 is 23.0 Å². The number of anilines is 1. The van der Waals surface area contributed by atoms with Crippen LogP contribution in [0.4, 0.5) is 19.3 Å². The quantitative estimate of drug-likeness (QED) is 0.849. The lowest BCUT2D eigenvalue weighted by molar-refractivity contribution is -0.0497. The van der Waals surface area contributed by atoms with Crippen LogP contribution in [0.1, 0.15) is 6.92 Å². The predicted octanol–water partition coefficient (Wildman–Crippen LogP) is 3.10. The number of hydrogen-bond donors (Lipinski definition) is 2. The van der Waals surface area contributed by atoms with Crippen molar-refractivity contribution in [1.29, 1.82) is 0 Å². The van der Waals surface area contributed by atoms with Gasteiger partial charge in [-0.1, -0.05) is 11.6 Å². The summed E-state index contributed by atoms with van der Waals surface area (Å²) in [5.41, 5.74) is 0.284. The number of methoxy groups -OCH3 is 1. The van der Waals surface area contributed by atoms with Crippen molar-refractivity contribution in [2.75, 3.05) is 19.0 Å². The molecule has 0 aromatic heterocycles. The largest absolute Gasteiger partial charge is 0.433 e. The Morgan fingerprint density at radius 2 is 2.15 bits per heavy atom. The minimum Gasteiger partial charge on any atom is -0.433 e. The molecule has 0 radical (unpaired) electrons. The van der Waals surface area contributed by atoms with Crippen molar-refractivity contribution in [2.45, 2.75) is 19.6 Å². The Labute approximate surface area is 120 Å². The molecule has 8 heteroatoms. The Morgan fingerprint density at radius 1 is 1.45 bits per heavy atom. The number of urea groups is 1. The molecule has 0 saturated carbocycles. The van der Waals surface area contributed by atoms with Crippen molar-refractivity contribution in [3.05, 3.63) is 23.2 Å². The van der Waals surface area contributed by atoms with E-state index in [0.29, 0.717) is 6.61 Å². The van der Waals surface area contributed by atoms with Crippen molar-refractivity contribution in [3.8, 4) is 5.75 Å². The summed E-state index contributed by atoms with van der Waals surface area (Å²) in [4.78, 5) is 11.6. The summed E-state index contributed by atoms with van der Waals surface area (Å²) in [5.74, 6) is -0.204. The second-order valence-corrected chi connectivity index (χ2v) is 4.39. The minimum absolute atomic E-state index is 0.0315. The van der Waals surface area contributed by atoms with E-state index < -0.39 is 12.6 Å². The molecule has 0 aliphatic carbocycles. The van der Waals surface area contributed by atoms with Gasteiger partial charge in [0.05, 0.1) is 17.7 Å². The minimum atomic E-state index is -2.99. The van der Waals surface area contributed by atoms with Gasteiger partial charge in [-0.3, -0.25) is 0 Å². The van der Waals surface area contributed by atoms with Crippen LogP contribution >= 0.6 is 11.6 Å². The van der Waals surface area contributed by atoms with E-state index in [1.807, 2.05) is 0 Å². The number of halogens is 3. The molecular formula is C12H15ClF2N2O3. The molecule has 1 unspecified atom stereocenters. The Kier molecular flexibility index (Phi) is 6.47. The van der Waals surface area contributed by atoms with Crippen molar-refractivity contribution in [2.24, 2.45) is 0 Å². The van der Waals surface area contributed by atoms with Crippen LogP contribution in [0.5, 0.6) is 5.75 Å². The second kappa shape index (κ2) is 7.86. The van der Waals surface area contributed by atoms with Crippen LogP contribution in [0.2, 0.25) is 5.02 Å². The molecule has 0 fully saturated rings. The third kappa shape index (κ3) is 5.58. The fourth-order valence-corrected chi connectivity index (χ4v) is 1.61. The van der Waals surface area contributed by atoms with Crippen LogP contribution in [0.25, 0.3) is 0 Å². The molecule has 1 aromatic rings. The molecule has 0 aliphatic heterocycles. The van der Waals surface area contributed by atoms with E-state index in [0.717, 1.165) is 0 Å². The molecule has 0 saturated heterocycles. The molecule has 0 aliphatic rings. The van der Waals surface area contributed by atoms with Crippen LogP contribution < -0.4 is 15.4 Å². The van der Waals surface area contributed by atoms with E-state index in [9.17, 15) is 13.6 Å². The molecule has 112 valence electrons. The number of rotatable bonds is 6. The summed E-state index contributed by atoms with van der Waals surface area (Å²) in [6, 6.07) is 3.37. The van der Waals surface area contributed by atoms with E-state index in [1.54, 1.807) is 6.92 Å². The average molecular weight is 309 g/mol. The Morgan fingerprint density at radius 3 is 2.75 bits per heavy atom. The first-order chi connectivity index (χ1) is 9.42. The number of amides is 2. The van der Waals surface area contributed by atoms with Crippen LogP contribution in [0, 0.1) is 0 Å². The van der Waals surface area contributed by atoms with Gasteiger partial charge in [-0.05, 0) is 19.1 Å². The molecule has 2 amide bonds. The van der Waals surface area contributed by atoms with Gasteiger partial charge in [-0.25, -0.2) is 4.79 Å². The first-order valence-corrected chi connectivity index (χ1v) is 6.11. The molecule has 2 N–H and O–H groups in total. The van der Waals surface area contributed by atoms with Crippen molar-refractivity contribution >= 4 is 23.3 Å². The Balaban J connectivity index is 2.65. The molecular weight excluding hydrogens is 294 g/mol. The maximum Gasteiger partial charge on any atom is 0.387 e. The Bertz CT molecular complexity index is 460. The fraction of sp³-hybridized carbons (Fsp3) is 0.417. The monoisotopic (exact) mass is 308 g/mol. The summed E-state index contributed by atoms with van der Waals surface area (Å²) < 4.78 is 33.4. The van der Waals surface area contributed by atoms with Gasteiger partial charge in [-0.15, -0.1) is 0 Å². The first-order valence-electron chi connectivity index (χ1n) is 5.73. The molecule has 1 atom stereocenters. The average Bonchev–Trinajstić information content (AvgIpc) is 2.32. The van der Waals surface area contributed by atoms with Crippen molar-refractivity contribution in [3.63, 3.8) is 0 Å². The van der Waals surface area contributed by atoms with E-state index in [-0.39, 0.29) is 22.5 Å². The normalized spacial score (nSPS) is 12.1. The zero-order valence-corrected chi connectivity index (χ0v) is 11.7. The first kappa shape index (κ1) is 16.5. The topological polar surface area (TPSA) is 59.6 Å². The zero-order chi connectivity index (χ0) is 15.1. The fourth-order valence-electron chi connectivity index (χ4n) is 1.45. The van der Waals surface area contributed by atoms with Crippen LogP contribution in [-0.4, -0.2) is 32.4 Å². The summed E-state index contributed by atoms with van der Waals surface area (Å²) in [6.07, 6.45) is 0. The lowest BCUT2D eigenvalue weighted by atomic mass is 10.3. The van der Waals surface area contributed by atoms with Crippen LogP contribution in [0.15, 0.2) is 18.2 Å². The number of nitrogens with one attached hydrogen (secondary N) is 2. The number of carbonyl (C=O) groups is 1. The highest BCUT2D eigenvalue weighted by molar-refractivity contribution is 6.32. The molecule has 0 bridgehead atoms. The molecule has 1 aromatic carbocycles. The predicted molar refractivity (Wildman–Crippen MR) is 71.6 cm³/mol. The molecule has 20 heavy (non-hydrogen) atoms. The van der Waals surface area contributed by atoms with Gasteiger partial charge in [0.15, 0.2) is 0 Å². The highest BCUT2D eigenvalue weighted by Gasteiger charge is 2.11. The summed E-state index contributed by atoms with van der Waals surface area (Å²) in [6.45, 7) is -0.873. The van der Waals surface area contributed by atoms with Gasteiger partial charge < -0.3 is 20.1 Å². The summed E-state index contributed by atoms with van der Waals surface area (Å²) >= 11 is 5.70. The van der Waals surface area contributed by atoms with Gasteiger partial charge in [0.2, 0.25) is 0 Å². The molecule has 1 rings (SSSR count). The van der Waals surface area contributed by atoms with Gasteiger partial charge in [0.25, 0.3) is 0 Å². The van der Waals surface area contributed by atoms with Crippen LogP contribution in [0.3, 0.4) is 0 Å². The maximum atomic E-state index is 12.2. The SMILES string of the molecule is COCC(C)NC(=O)Nc1ccc(Cl)c(OC(F)F)c1. The number of ether oxygens (including phenoxy) is 2. The van der Waals surface area contributed by atoms with Gasteiger partial charge in [0, 0.05) is 18.9 Å². The van der Waals surface area contributed by atoms with Gasteiger partial charge in [-0.2, -0.15) is 8.78 Å². The Hall–Kier alpha value is -1.60. The number of alkyl halides is 2. The molecule has 5 nitrogen and oxygen atoms in total. The highest BCUT2D eigenvalue weighted by Crippen LogP contribution is 2.29. The summed E-state index contributed by atoms with van der Waals surface area (Å²) in [5, 5.41) is 5.12. The van der Waals surface area contributed by atoms with E-state index in [4.69, 9.17) is 16.3 Å². The summed E-state index contributed by atoms with van der Waals surface area (Å²) in [7, 11) is 1.52. The van der Waals surface area contributed by atoms with Gasteiger partial charge >= 0.3 is 12.6 Å². The third-order valence-corrected chi connectivity index (χ3v) is 2.51. The van der Waals surface area contributed by atoms with E-state index >= 15 is 0 Å². The highest BCUT2D eigenvalue weighted by atomic mass is 35.5. The third-order valence-electron chi connectivity index (χ3n) is 2.20. The van der Waals surface area contributed by atoms with Crippen LogP contribution in [-0.2, 0) is 4.74 Å². The smallest absolute Gasteiger partial charge is 0.387 e. The number of benzene rings is 1. The van der Waals surface area contributed by atoms with E-state index in [2.05, 4.69) is 15.4 Å². The maximum absolute atomic E-state index is 12.2. The zero-order valence-electron chi connectivity index (χ0n) is 11.0. The van der Waals surface area contributed by atoms with Gasteiger partial charge in [0.1, 0.15) is 5.75 Å². The number of hydrogen-bond acceptors (Lipinski definition) is 3. The standard InChI is InChI=1S/C12H15ClF2N2O3/c1-7(6-19-2)16-12(18)17-8-3-4-9(13)10(5-8)20-11(14)15/h3-5,7,11H,6H2,1-2H3,(H2,16,17,18). The second-order valence-electron chi connectivity index (χ2n) is 3.98. The van der Waals surface area contributed by atoms with E-state index in [1.165, 1.54) is 25.3 Å². The molecule has 0 spiro atoms.